The van der Waals surface area contributed by atoms with Gasteiger partial charge in [0.1, 0.15) is 5.69 Å². The maximum atomic E-state index is 12.8. The summed E-state index contributed by atoms with van der Waals surface area (Å²) in [5, 5.41) is 4.10. The zero-order valence-electron chi connectivity index (χ0n) is 14.8. The molecule has 1 saturated heterocycles. The van der Waals surface area contributed by atoms with Gasteiger partial charge in [-0.1, -0.05) is 30.1 Å². The molecule has 3 rings (SSSR count). The van der Waals surface area contributed by atoms with Crippen molar-refractivity contribution in [1.82, 2.24) is 19.8 Å². The van der Waals surface area contributed by atoms with E-state index in [4.69, 9.17) is 23.2 Å². The quantitative estimate of drug-likeness (QED) is 0.859. The Morgan fingerprint density at radius 3 is 2.58 bits per heavy atom. The van der Waals surface area contributed by atoms with E-state index in [0.717, 1.165) is 19.6 Å². The van der Waals surface area contributed by atoms with Gasteiger partial charge < -0.3 is 15.1 Å². The zero-order chi connectivity index (χ0) is 18.7. The molecule has 0 bridgehead atoms. The smallest absolute Gasteiger partial charge is 0.272 e. The number of rotatable bonds is 4. The summed E-state index contributed by atoms with van der Waals surface area (Å²) in [7, 11) is 0. The second kappa shape index (κ2) is 8.20. The van der Waals surface area contributed by atoms with Crippen molar-refractivity contribution in [2.75, 3.05) is 38.0 Å². The normalized spacial score (nSPS) is 15.2. The summed E-state index contributed by atoms with van der Waals surface area (Å²) in [5.41, 5.74) is 1.68. The van der Waals surface area contributed by atoms with E-state index >= 15 is 0 Å². The van der Waals surface area contributed by atoms with Crippen LogP contribution in [0.15, 0.2) is 24.3 Å². The highest BCUT2D eigenvalue weighted by atomic mass is 35.5. The van der Waals surface area contributed by atoms with E-state index in [2.05, 4.69) is 27.1 Å². The standard InChI is InChI=1S/C18H21Cl2N5O/c1-3-24-6-8-25(9-7-24)17(26)16-10-12(2)21-18(23-16)22-15-11-13(19)4-5-14(15)20/h4-5,10-11H,3,6-9H2,1-2H3,(H,21,22,23). The van der Waals surface area contributed by atoms with Crippen molar-refractivity contribution in [3.63, 3.8) is 0 Å². The van der Waals surface area contributed by atoms with Gasteiger partial charge in [0.25, 0.3) is 5.91 Å². The van der Waals surface area contributed by atoms with E-state index < -0.39 is 0 Å². The van der Waals surface area contributed by atoms with Gasteiger partial charge in [-0.15, -0.1) is 0 Å². The molecule has 0 radical (unpaired) electrons. The van der Waals surface area contributed by atoms with Crippen LogP contribution < -0.4 is 5.32 Å². The number of nitrogens with zero attached hydrogens (tertiary/aromatic N) is 4. The topological polar surface area (TPSA) is 61.4 Å². The van der Waals surface area contributed by atoms with Crippen LogP contribution in [0.1, 0.15) is 23.1 Å². The average Bonchev–Trinajstić information content (AvgIpc) is 2.64. The molecule has 0 saturated carbocycles. The molecular formula is C18H21Cl2N5O. The number of hydrogen-bond donors (Lipinski definition) is 1. The van der Waals surface area contributed by atoms with Crippen LogP contribution in [0.4, 0.5) is 11.6 Å². The van der Waals surface area contributed by atoms with Crippen LogP contribution in [0.5, 0.6) is 0 Å². The number of carbonyl (C=O) groups is 1. The number of anilines is 2. The molecule has 0 unspecified atom stereocenters. The number of nitrogens with one attached hydrogen (secondary N) is 1. The molecule has 1 aromatic carbocycles. The van der Waals surface area contributed by atoms with E-state index in [1.54, 1.807) is 24.3 Å². The van der Waals surface area contributed by atoms with Gasteiger partial charge in [-0.2, -0.15) is 0 Å². The molecule has 2 aromatic rings. The van der Waals surface area contributed by atoms with E-state index in [1.807, 2.05) is 11.8 Å². The van der Waals surface area contributed by atoms with Gasteiger partial charge in [-0.3, -0.25) is 4.79 Å². The Kier molecular flexibility index (Phi) is 5.96. The van der Waals surface area contributed by atoms with Crippen molar-refractivity contribution in [3.05, 3.63) is 45.7 Å². The molecule has 2 heterocycles. The van der Waals surface area contributed by atoms with Crippen molar-refractivity contribution in [2.24, 2.45) is 0 Å². The third-order valence-corrected chi connectivity index (χ3v) is 4.92. The Hall–Kier alpha value is -1.89. The highest BCUT2D eigenvalue weighted by Crippen LogP contribution is 2.27. The maximum absolute atomic E-state index is 12.8. The first kappa shape index (κ1) is 18.9. The lowest BCUT2D eigenvalue weighted by Crippen LogP contribution is -2.48. The summed E-state index contributed by atoms with van der Waals surface area (Å²) >= 11 is 12.2. The minimum Gasteiger partial charge on any atom is -0.335 e. The number of amides is 1. The number of halogens is 2. The van der Waals surface area contributed by atoms with E-state index in [-0.39, 0.29) is 5.91 Å². The van der Waals surface area contributed by atoms with Crippen LogP contribution in [0.3, 0.4) is 0 Å². The molecule has 6 nitrogen and oxygen atoms in total. The monoisotopic (exact) mass is 393 g/mol. The fraction of sp³-hybridized carbons (Fsp3) is 0.389. The van der Waals surface area contributed by atoms with E-state index in [9.17, 15) is 4.79 Å². The third kappa shape index (κ3) is 4.44. The average molecular weight is 394 g/mol. The molecule has 0 atom stereocenters. The molecule has 1 aliphatic heterocycles. The third-order valence-electron chi connectivity index (χ3n) is 4.35. The largest absolute Gasteiger partial charge is 0.335 e. The first-order valence-corrected chi connectivity index (χ1v) is 9.31. The van der Waals surface area contributed by atoms with Gasteiger partial charge in [0, 0.05) is 36.9 Å². The summed E-state index contributed by atoms with van der Waals surface area (Å²) in [6.45, 7) is 8.15. The predicted octanol–water partition coefficient (Wildman–Crippen LogP) is 3.61. The van der Waals surface area contributed by atoms with Crippen LogP contribution in [0.2, 0.25) is 10.0 Å². The fourth-order valence-electron chi connectivity index (χ4n) is 2.88. The Labute approximate surface area is 163 Å². The molecule has 1 fully saturated rings. The van der Waals surface area contributed by atoms with Gasteiger partial charge in [0.05, 0.1) is 10.7 Å². The van der Waals surface area contributed by atoms with E-state index in [1.165, 1.54) is 0 Å². The summed E-state index contributed by atoms with van der Waals surface area (Å²) in [6, 6.07) is 6.80. The number of piperazine rings is 1. The van der Waals surface area contributed by atoms with Gasteiger partial charge >= 0.3 is 0 Å². The second-order valence-electron chi connectivity index (χ2n) is 6.19. The molecule has 0 aliphatic carbocycles. The second-order valence-corrected chi connectivity index (χ2v) is 7.04. The summed E-state index contributed by atoms with van der Waals surface area (Å²) in [5.74, 6) is 0.246. The molecule has 1 N–H and O–H groups in total. The lowest BCUT2D eigenvalue weighted by molar-refractivity contribution is 0.0637. The van der Waals surface area contributed by atoms with Crippen molar-refractivity contribution in [3.8, 4) is 0 Å². The molecule has 1 aromatic heterocycles. The molecular weight excluding hydrogens is 373 g/mol. The van der Waals surface area contributed by atoms with Gasteiger partial charge in [0.15, 0.2) is 0 Å². The number of benzene rings is 1. The Morgan fingerprint density at radius 2 is 1.88 bits per heavy atom. The number of aryl methyl sites for hydroxylation is 1. The summed E-state index contributed by atoms with van der Waals surface area (Å²) in [4.78, 5) is 25.7. The zero-order valence-corrected chi connectivity index (χ0v) is 16.3. The molecule has 138 valence electrons. The lowest BCUT2D eigenvalue weighted by atomic mass is 10.2. The van der Waals surface area contributed by atoms with Crippen molar-refractivity contribution in [2.45, 2.75) is 13.8 Å². The van der Waals surface area contributed by atoms with Crippen LogP contribution in [0, 0.1) is 6.92 Å². The van der Waals surface area contributed by atoms with Gasteiger partial charge in [0.2, 0.25) is 5.95 Å². The van der Waals surface area contributed by atoms with Crippen LogP contribution in [0.25, 0.3) is 0 Å². The first-order valence-electron chi connectivity index (χ1n) is 8.55. The lowest BCUT2D eigenvalue weighted by Gasteiger charge is -2.33. The predicted molar refractivity (Wildman–Crippen MR) is 105 cm³/mol. The molecule has 8 heteroatoms. The molecule has 1 aliphatic rings. The van der Waals surface area contributed by atoms with Gasteiger partial charge in [-0.25, -0.2) is 9.97 Å². The Balaban J connectivity index is 1.79. The first-order chi connectivity index (χ1) is 12.5. The Morgan fingerprint density at radius 1 is 1.15 bits per heavy atom. The maximum Gasteiger partial charge on any atom is 0.272 e. The molecule has 26 heavy (non-hydrogen) atoms. The highest BCUT2D eigenvalue weighted by molar-refractivity contribution is 6.35. The van der Waals surface area contributed by atoms with Crippen molar-refractivity contribution < 1.29 is 4.79 Å². The van der Waals surface area contributed by atoms with Crippen LogP contribution >= 0.6 is 23.2 Å². The summed E-state index contributed by atoms with van der Waals surface area (Å²) in [6.07, 6.45) is 0. The fourth-order valence-corrected chi connectivity index (χ4v) is 3.21. The molecule has 1 amide bonds. The summed E-state index contributed by atoms with van der Waals surface area (Å²) < 4.78 is 0. The van der Waals surface area contributed by atoms with Crippen LogP contribution in [-0.2, 0) is 0 Å². The van der Waals surface area contributed by atoms with Crippen LogP contribution in [-0.4, -0.2) is 58.4 Å². The van der Waals surface area contributed by atoms with Crippen molar-refractivity contribution >= 4 is 40.7 Å². The van der Waals surface area contributed by atoms with E-state index in [0.29, 0.717) is 46.2 Å². The highest BCUT2D eigenvalue weighted by Gasteiger charge is 2.23. The number of carbonyl (C=O) groups excluding carboxylic acids is 1. The minimum atomic E-state index is -0.0773. The minimum absolute atomic E-state index is 0.0773. The van der Waals surface area contributed by atoms with Crippen molar-refractivity contribution in [1.29, 1.82) is 0 Å². The molecule has 0 spiro atoms. The Bertz CT molecular complexity index is 806. The number of likely N-dealkylation sites (N-methyl/N-ethyl adjacent to an activating group) is 1. The van der Waals surface area contributed by atoms with Gasteiger partial charge in [-0.05, 0) is 37.7 Å². The number of hydrogen-bond acceptors (Lipinski definition) is 5. The SMILES string of the molecule is CCN1CCN(C(=O)c2cc(C)nc(Nc3cc(Cl)ccc3Cl)n2)CC1. The number of aromatic nitrogens is 2.